The Hall–Kier alpha value is -1.84. The third-order valence-corrected chi connectivity index (χ3v) is 4.32. The van der Waals surface area contributed by atoms with Gasteiger partial charge in [-0.15, -0.1) is 0 Å². The van der Waals surface area contributed by atoms with Crippen LogP contribution in [0.2, 0.25) is 5.02 Å². The lowest BCUT2D eigenvalue weighted by molar-refractivity contribution is -0.116. The average Bonchev–Trinajstić information content (AvgIpc) is 2.56. The molecule has 2 N–H and O–H groups in total. The van der Waals surface area contributed by atoms with Crippen LogP contribution in [0.5, 0.6) is 0 Å². The molecule has 0 aromatic heterocycles. The van der Waals surface area contributed by atoms with Crippen LogP contribution in [0.25, 0.3) is 0 Å². The summed E-state index contributed by atoms with van der Waals surface area (Å²) >= 11 is 5.87. The highest BCUT2D eigenvalue weighted by Crippen LogP contribution is 2.23. The molecule has 3 nitrogen and oxygen atoms in total. The number of carbonyl (C=O) groups excluding carboxylic acids is 1. The number of benzene rings is 2. The quantitative estimate of drug-likeness (QED) is 0.698. The lowest BCUT2D eigenvalue weighted by atomic mass is 9.87. The van der Waals surface area contributed by atoms with E-state index in [1.807, 2.05) is 36.4 Å². The van der Waals surface area contributed by atoms with Gasteiger partial charge in [-0.1, -0.05) is 56.6 Å². The van der Waals surface area contributed by atoms with E-state index in [2.05, 4.69) is 43.5 Å². The van der Waals surface area contributed by atoms with Crippen LogP contribution in [-0.4, -0.2) is 19.0 Å². The van der Waals surface area contributed by atoms with E-state index in [0.717, 1.165) is 23.7 Å². The van der Waals surface area contributed by atoms with Gasteiger partial charge >= 0.3 is 0 Å². The largest absolute Gasteiger partial charge is 0.326 e. The minimum atomic E-state index is 0.0301. The maximum atomic E-state index is 12.0. The van der Waals surface area contributed by atoms with Gasteiger partial charge in [-0.2, -0.15) is 0 Å². The predicted octanol–water partition coefficient (Wildman–Crippen LogP) is 4.80. The number of hydrogen-bond donors (Lipinski definition) is 2. The standard InChI is InChI=1S/C21H27ClN2O/c1-21(2,3)17-6-10-19(11-7-17)24-20(25)13-15-23-14-12-16-4-8-18(22)9-5-16/h4-11,23H,12-15H2,1-3H3,(H,24,25). The molecule has 0 radical (unpaired) electrons. The molecule has 0 fully saturated rings. The van der Waals surface area contributed by atoms with Crippen molar-refractivity contribution >= 4 is 23.2 Å². The summed E-state index contributed by atoms with van der Waals surface area (Å²) in [5.41, 5.74) is 3.46. The highest BCUT2D eigenvalue weighted by atomic mass is 35.5. The number of hydrogen-bond acceptors (Lipinski definition) is 2. The van der Waals surface area contributed by atoms with Crippen molar-refractivity contribution in [3.05, 3.63) is 64.7 Å². The van der Waals surface area contributed by atoms with Gasteiger partial charge in [-0.3, -0.25) is 4.79 Å². The molecule has 0 atom stereocenters. The van der Waals surface area contributed by atoms with Crippen molar-refractivity contribution in [3.8, 4) is 0 Å². The Balaban J connectivity index is 1.66. The Morgan fingerprint density at radius 1 is 0.960 bits per heavy atom. The molecule has 0 heterocycles. The normalized spacial score (nSPS) is 11.4. The lowest BCUT2D eigenvalue weighted by Crippen LogP contribution is -2.23. The first-order valence-electron chi connectivity index (χ1n) is 8.70. The Morgan fingerprint density at radius 3 is 2.20 bits per heavy atom. The predicted molar refractivity (Wildman–Crippen MR) is 106 cm³/mol. The zero-order chi connectivity index (χ0) is 18.3. The van der Waals surface area contributed by atoms with Crippen LogP contribution >= 0.6 is 11.6 Å². The summed E-state index contributed by atoms with van der Waals surface area (Å²) in [5, 5.41) is 7.00. The fraction of sp³-hybridized carbons (Fsp3) is 0.381. The molecular formula is C21H27ClN2O. The van der Waals surface area contributed by atoms with Crippen LogP contribution < -0.4 is 10.6 Å². The Kier molecular flexibility index (Phi) is 7.03. The molecule has 2 aromatic carbocycles. The van der Waals surface area contributed by atoms with Crippen molar-refractivity contribution in [2.45, 2.75) is 39.0 Å². The number of rotatable bonds is 7. The van der Waals surface area contributed by atoms with E-state index < -0.39 is 0 Å². The van der Waals surface area contributed by atoms with Crippen LogP contribution in [0.1, 0.15) is 38.3 Å². The van der Waals surface area contributed by atoms with E-state index in [1.54, 1.807) is 0 Å². The molecule has 0 saturated carbocycles. The SMILES string of the molecule is CC(C)(C)c1ccc(NC(=O)CCNCCc2ccc(Cl)cc2)cc1. The maximum absolute atomic E-state index is 12.0. The van der Waals surface area contributed by atoms with Crippen LogP contribution in [0.15, 0.2) is 48.5 Å². The molecule has 0 spiro atoms. The topological polar surface area (TPSA) is 41.1 Å². The van der Waals surface area contributed by atoms with Crippen LogP contribution in [0.4, 0.5) is 5.69 Å². The van der Waals surface area contributed by atoms with Crippen molar-refractivity contribution in [1.29, 1.82) is 0 Å². The first-order valence-corrected chi connectivity index (χ1v) is 9.08. The van der Waals surface area contributed by atoms with Crippen molar-refractivity contribution in [2.24, 2.45) is 0 Å². The number of nitrogens with one attached hydrogen (secondary N) is 2. The molecular weight excluding hydrogens is 332 g/mol. The molecule has 0 bridgehead atoms. The average molecular weight is 359 g/mol. The van der Waals surface area contributed by atoms with Crippen LogP contribution in [0, 0.1) is 0 Å². The molecule has 1 amide bonds. The van der Waals surface area contributed by atoms with Gasteiger partial charge in [-0.25, -0.2) is 0 Å². The van der Waals surface area contributed by atoms with Gasteiger partial charge in [0.15, 0.2) is 0 Å². The second kappa shape index (κ2) is 9.02. The van der Waals surface area contributed by atoms with Gasteiger partial charge in [0.1, 0.15) is 0 Å². The van der Waals surface area contributed by atoms with Gasteiger partial charge in [0.25, 0.3) is 0 Å². The highest BCUT2D eigenvalue weighted by Gasteiger charge is 2.13. The summed E-state index contributed by atoms with van der Waals surface area (Å²) in [6.07, 6.45) is 1.38. The lowest BCUT2D eigenvalue weighted by Gasteiger charge is -2.19. The number of halogens is 1. The van der Waals surface area contributed by atoms with Crippen molar-refractivity contribution in [3.63, 3.8) is 0 Å². The van der Waals surface area contributed by atoms with Gasteiger partial charge in [0.2, 0.25) is 5.91 Å². The second-order valence-electron chi connectivity index (χ2n) is 7.25. The first kappa shape index (κ1) is 19.5. The molecule has 4 heteroatoms. The smallest absolute Gasteiger partial charge is 0.225 e. The summed E-state index contributed by atoms with van der Waals surface area (Å²) in [7, 11) is 0. The van der Waals surface area contributed by atoms with Gasteiger partial charge in [-0.05, 0) is 53.8 Å². The third kappa shape index (κ3) is 6.89. The van der Waals surface area contributed by atoms with Crippen molar-refractivity contribution < 1.29 is 4.79 Å². The van der Waals surface area contributed by atoms with E-state index in [0.29, 0.717) is 13.0 Å². The number of amides is 1. The molecule has 134 valence electrons. The zero-order valence-corrected chi connectivity index (χ0v) is 16.0. The highest BCUT2D eigenvalue weighted by molar-refractivity contribution is 6.30. The molecule has 0 aliphatic rings. The molecule has 0 saturated heterocycles. The molecule has 0 aliphatic carbocycles. The zero-order valence-electron chi connectivity index (χ0n) is 15.2. The van der Waals surface area contributed by atoms with Crippen LogP contribution in [-0.2, 0) is 16.6 Å². The fourth-order valence-corrected chi connectivity index (χ4v) is 2.61. The van der Waals surface area contributed by atoms with E-state index in [9.17, 15) is 4.79 Å². The monoisotopic (exact) mass is 358 g/mol. The van der Waals surface area contributed by atoms with E-state index in [1.165, 1.54) is 11.1 Å². The maximum Gasteiger partial charge on any atom is 0.225 e. The summed E-state index contributed by atoms with van der Waals surface area (Å²) in [6.45, 7) is 8.04. The van der Waals surface area contributed by atoms with Crippen molar-refractivity contribution in [1.82, 2.24) is 5.32 Å². The molecule has 2 aromatic rings. The summed E-state index contributed by atoms with van der Waals surface area (Å²) in [4.78, 5) is 12.0. The van der Waals surface area contributed by atoms with Gasteiger partial charge in [0.05, 0.1) is 0 Å². The van der Waals surface area contributed by atoms with E-state index in [-0.39, 0.29) is 11.3 Å². The Labute approximate surface area is 155 Å². The van der Waals surface area contributed by atoms with Crippen molar-refractivity contribution in [2.75, 3.05) is 18.4 Å². The minimum Gasteiger partial charge on any atom is -0.326 e. The summed E-state index contributed by atoms with van der Waals surface area (Å²) < 4.78 is 0. The van der Waals surface area contributed by atoms with Crippen LogP contribution in [0.3, 0.4) is 0 Å². The third-order valence-electron chi connectivity index (χ3n) is 4.07. The molecule has 25 heavy (non-hydrogen) atoms. The minimum absolute atomic E-state index is 0.0301. The van der Waals surface area contributed by atoms with E-state index in [4.69, 9.17) is 11.6 Å². The second-order valence-corrected chi connectivity index (χ2v) is 7.69. The van der Waals surface area contributed by atoms with E-state index >= 15 is 0 Å². The summed E-state index contributed by atoms with van der Waals surface area (Å²) in [6, 6.07) is 15.9. The van der Waals surface area contributed by atoms with Gasteiger partial charge in [0, 0.05) is 23.7 Å². The Morgan fingerprint density at radius 2 is 1.60 bits per heavy atom. The first-order chi connectivity index (χ1) is 11.8. The molecule has 0 unspecified atom stereocenters. The van der Waals surface area contributed by atoms with Gasteiger partial charge < -0.3 is 10.6 Å². The number of carbonyl (C=O) groups is 1. The number of anilines is 1. The molecule has 0 aliphatic heterocycles. The summed E-state index contributed by atoms with van der Waals surface area (Å²) in [5.74, 6) is 0.0301. The fourth-order valence-electron chi connectivity index (χ4n) is 2.49. The molecule has 2 rings (SSSR count). The Bertz CT molecular complexity index is 673.